The Bertz CT molecular complexity index is 1380. The smallest absolute Gasteiger partial charge is 0.411 e. The van der Waals surface area contributed by atoms with E-state index >= 15 is 0 Å². The highest BCUT2D eigenvalue weighted by Crippen LogP contribution is 2.35. The molecular formula is C28H25N3O5S. The Morgan fingerprint density at radius 3 is 2.51 bits per heavy atom. The van der Waals surface area contributed by atoms with Crippen molar-refractivity contribution >= 4 is 34.9 Å². The van der Waals surface area contributed by atoms with Crippen molar-refractivity contribution in [3.8, 4) is 0 Å². The Kier molecular flexibility index (Phi) is 7.04. The summed E-state index contributed by atoms with van der Waals surface area (Å²) in [7, 11) is 0. The van der Waals surface area contributed by atoms with Crippen LogP contribution < -0.4 is 10.6 Å². The molecule has 0 radical (unpaired) electrons. The van der Waals surface area contributed by atoms with Crippen LogP contribution in [0, 0.1) is 6.92 Å². The number of cyclic esters (lactones) is 1. The van der Waals surface area contributed by atoms with Gasteiger partial charge in [-0.05, 0) is 59.3 Å². The fourth-order valence-electron chi connectivity index (χ4n) is 4.23. The lowest BCUT2D eigenvalue weighted by Crippen LogP contribution is -2.46. The highest BCUT2D eigenvalue weighted by molar-refractivity contribution is 7.12. The standard InChI is InChI=1S/C28H25N3O5S/c1-18-6-2-3-7-20(18)17-31-24(27(33)29-16-22-8-4-14-35-22)25(36-28(31)34)19-10-12-21(13-11-19)30-26(32)23-9-5-15-37-23/h2-15,24-25H,16-17H2,1H3,(H,29,33)(H,30,32). The summed E-state index contributed by atoms with van der Waals surface area (Å²) >= 11 is 1.36. The van der Waals surface area contributed by atoms with E-state index in [0.717, 1.165) is 11.1 Å². The normalized spacial score (nSPS) is 16.9. The summed E-state index contributed by atoms with van der Waals surface area (Å²) in [5, 5.41) is 7.56. The number of ether oxygens (including phenoxy) is 1. The number of hydrogen-bond donors (Lipinski definition) is 2. The molecule has 1 fully saturated rings. The van der Waals surface area contributed by atoms with Gasteiger partial charge in [0.2, 0.25) is 5.91 Å². The average molecular weight is 516 g/mol. The van der Waals surface area contributed by atoms with Gasteiger partial charge in [0.15, 0.2) is 12.1 Å². The van der Waals surface area contributed by atoms with E-state index < -0.39 is 18.2 Å². The van der Waals surface area contributed by atoms with Crippen LogP contribution in [0.3, 0.4) is 0 Å². The third kappa shape index (κ3) is 5.41. The van der Waals surface area contributed by atoms with Crippen LogP contribution in [0.2, 0.25) is 0 Å². The summed E-state index contributed by atoms with van der Waals surface area (Å²) in [6.45, 7) is 2.38. The average Bonchev–Trinajstić information content (AvgIpc) is 3.67. The fourth-order valence-corrected chi connectivity index (χ4v) is 4.85. The Morgan fingerprint density at radius 1 is 1.00 bits per heavy atom. The van der Waals surface area contributed by atoms with Gasteiger partial charge in [-0.25, -0.2) is 4.79 Å². The molecule has 3 heterocycles. The molecule has 37 heavy (non-hydrogen) atoms. The lowest BCUT2D eigenvalue weighted by molar-refractivity contribution is -0.126. The number of carbonyl (C=O) groups is 3. The first-order valence-corrected chi connectivity index (χ1v) is 12.6. The summed E-state index contributed by atoms with van der Waals surface area (Å²) in [4.78, 5) is 40.9. The summed E-state index contributed by atoms with van der Waals surface area (Å²) < 4.78 is 11.1. The summed E-state index contributed by atoms with van der Waals surface area (Å²) in [5.74, 6) is 0.0528. The van der Waals surface area contributed by atoms with Gasteiger partial charge >= 0.3 is 6.09 Å². The maximum atomic E-state index is 13.4. The molecule has 4 aromatic rings. The van der Waals surface area contributed by atoms with E-state index in [0.29, 0.717) is 21.9 Å². The summed E-state index contributed by atoms with van der Waals surface area (Å²) in [6.07, 6.45) is 0.145. The van der Waals surface area contributed by atoms with Crippen LogP contribution in [0.5, 0.6) is 0 Å². The number of amides is 3. The van der Waals surface area contributed by atoms with Crippen molar-refractivity contribution in [3.05, 3.63) is 112 Å². The van der Waals surface area contributed by atoms with E-state index in [2.05, 4.69) is 10.6 Å². The minimum Gasteiger partial charge on any atom is -0.467 e. The molecule has 1 saturated heterocycles. The molecule has 0 bridgehead atoms. The number of benzene rings is 2. The van der Waals surface area contributed by atoms with Crippen molar-refractivity contribution in [1.29, 1.82) is 0 Å². The van der Waals surface area contributed by atoms with E-state index in [9.17, 15) is 14.4 Å². The lowest BCUT2D eigenvalue weighted by atomic mass is 9.99. The molecule has 5 rings (SSSR count). The van der Waals surface area contributed by atoms with Crippen molar-refractivity contribution in [2.75, 3.05) is 5.32 Å². The van der Waals surface area contributed by atoms with Gasteiger partial charge in [-0.3, -0.25) is 14.5 Å². The molecule has 2 N–H and O–H groups in total. The Balaban J connectivity index is 1.38. The highest BCUT2D eigenvalue weighted by Gasteiger charge is 2.47. The number of carbonyl (C=O) groups excluding carboxylic acids is 3. The zero-order valence-electron chi connectivity index (χ0n) is 20.0. The number of nitrogens with one attached hydrogen (secondary N) is 2. The van der Waals surface area contributed by atoms with Crippen molar-refractivity contribution in [2.24, 2.45) is 0 Å². The van der Waals surface area contributed by atoms with Gasteiger partial charge in [0.05, 0.1) is 24.2 Å². The first-order valence-electron chi connectivity index (χ1n) is 11.8. The van der Waals surface area contributed by atoms with Gasteiger partial charge in [-0.1, -0.05) is 42.5 Å². The van der Waals surface area contributed by atoms with E-state index in [-0.39, 0.29) is 24.9 Å². The first-order chi connectivity index (χ1) is 18.0. The third-order valence-corrected chi connectivity index (χ3v) is 7.08. The van der Waals surface area contributed by atoms with Gasteiger partial charge in [-0.2, -0.15) is 0 Å². The minimum atomic E-state index is -0.895. The van der Waals surface area contributed by atoms with Crippen LogP contribution in [0.4, 0.5) is 10.5 Å². The number of anilines is 1. The largest absolute Gasteiger partial charge is 0.467 e. The number of rotatable bonds is 8. The molecule has 8 nitrogen and oxygen atoms in total. The highest BCUT2D eigenvalue weighted by atomic mass is 32.1. The zero-order valence-corrected chi connectivity index (χ0v) is 20.9. The zero-order chi connectivity index (χ0) is 25.8. The Labute approximate surface area is 217 Å². The molecule has 9 heteroatoms. The van der Waals surface area contributed by atoms with E-state index in [1.807, 2.05) is 42.6 Å². The number of aryl methyl sites for hydroxylation is 1. The van der Waals surface area contributed by atoms with E-state index in [1.54, 1.807) is 42.5 Å². The maximum Gasteiger partial charge on any atom is 0.411 e. The predicted molar refractivity (Wildman–Crippen MR) is 139 cm³/mol. The van der Waals surface area contributed by atoms with Gasteiger partial charge in [0.1, 0.15) is 5.76 Å². The fraction of sp³-hybridized carbons (Fsp3) is 0.179. The quantitative estimate of drug-likeness (QED) is 0.333. The van der Waals surface area contributed by atoms with Crippen LogP contribution in [0.25, 0.3) is 0 Å². The van der Waals surface area contributed by atoms with Gasteiger partial charge in [0, 0.05) is 5.69 Å². The van der Waals surface area contributed by atoms with Crippen LogP contribution in [0.1, 0.15) is 38.2 Å². The Hall–Kier alpha value is -4.37. The van der Waals surface area contributed by atoms with Crippen LogP contribution in [0.15, 0.2) is 88.9 Å². The molecule has 2 unspecified atom stereocenters. The molecule has 188 valence electrons. The van der Waals surface area contributed by atoms with Crippen molar-refractivity contribution in [1.82, 2.24) is 10.2 Å². The lowest BCUT2D eigenvalue weighted by Gasteiger charge is -2.24. The molecule has 2 atom stereocenters. The SMILES string of the molecule is Cc1ccccc1CN1C(=O)OC(c2ccc(NC(=O)c3cccs3)cc2)C1C(=O)NCc1ccco1. The molecule has 2 aromatic carbocycles. The van der Waals surface area contributed by atoms with Crippen LogP contribution >= 0.6 is 11.3 Å². The van der Waals surface area contributed by atoms with Crippen LogP contribution in [-0.2, 0) is 22.6 Å². The minimum absolute atomic E-state index is 0.190. The molecule has 3 amide bonds. The van der Waals surface area contributed by atoms with E-state index in [1.165, 1.54) is 22.5 Å². The van der Waals surface area contributed by atoms with Crippen LogP contribution in [-0.4, -0.2) is 28.8 Å². The first kappa shape index (κ1) is 24.3. The topological polar surface area (TPSA) is 101 Å². The molecule has 0 aliphatic carbocycles. The second kappa shape index (κ2) is 10.7. The predicted octanol–water partition coefficient (Wildman–Crippen LogP) is 5.28. The van der Waals surface area contributed by atoms with Gasteiger partial charge < -0.3 is 19.8 Å². The summed E-state index contributed by atoms with van der Waals surface area (Å²) in [5.41, 5.74) is 3.19. The molecule has 2 aromatic heterocycles. The number of furan rings is 1. The number of hydrogen-bond acceptors (Lipinski definition) is 6. The Morgan fingerprint density at radius 2 is 1.81 bits per heavy atom. The number of thiophene rings is 1. The van der Waals surface area contributed by atoms with Crippen molar-refractivity contribution in [3.63, 3.8) is 0 Å². The van der Waals surface area contributed by atoms with Gasteiger partial charge in [0.25, 0.3) is 5.91 Å². The molecule has 1 aliphatic rings. The van der Waals surface area contributed by atoms with Crippen molar-refractivity contribution in [2.45, 2.75) is 32.2 Å². The molecule has 1 aliphatic heterocycles. The molecular weight excluding hydrogens is 490 g/mol. The monoisotopic (exact) mass is 515 g/mol. The van der Waals surface area contributed by atoms with Crippen molar-refractivity contribution < 1.29 is 23.5 Å². The molecule has 0 spiro atoms. The summed E-state index contributed by atoms with van der Waals surface area (Å²) in [6, 6.07) is 20.9. The maximum absolute atomic E-state index is 13.4. The second-order valence-electron chi connectivity index (χ2n) is 8.65. The third-order valence-electron chi connectivity index (χ3n) is 6.21. The number of nitrogens with zero attached hydrogens (tertiary/aromatic N) is 1. The van der Waals surface area contributed by atoms with E-state index in [4.69, 9.17) is 9.15 Å². The second-order valence-corrected chi connectivity index (χ2v) is 9.60. The van der Waals surface area contributed by atoms with Gasteiger partial charge in [-0.15, -0.1) is 11.3 Å². The molecule has 0 saturated carbocycles.